The van der Waals surface area contributed by atoms with Crippen LogP contribution in [0.1, 0.15) is 0 Å². The first-order valence-electron chi connectivity index (χ1n) is 1.54. The monoisotopic (exact) mass is 234 g/mol. The average molecular weight is 236 g/mol. The van der Waals surface area contributed by atoms with E-state index in [-0.39, 0.29) is 11.8 Å². The number of rotatable bonds is 2. The summed E-state index contributed by atoms with van der Waals surface area (Å²) in [4.78, 5) is 0. The molecule has 0 heterocycles. The SMILES string of the molecule is FC(Cl)(Cl)SC(F)(Cl)Cl. The molecule has 0 nitrogen and oxygen atoms in total. The van der Waals surface area contributed by atoms with Gasteiger partial charge in [0.25, 0.3) is 0 Å². The predicted octanol–water partition coefficient (Wildman–Crippen LogP) is 3.84. The fraction of sp³-hybridized carbons (Fsp3) is 1.00. The van der Waals surface area contributed by atoms with Crippen molar-refractivity contribution in [2.24, 2.45) is 0 Å². The van der Waals surface area contributed by atoms with Gasteiger partial charge < -0.3 is 0 Å². The molecule has 56 valence electrons. The zero-order valence-electron chi connectivity index (χ0n) is 3.68. The fourth-order valence-electron chi connectivity index (χ4n) is 0.131. The zero-order valence-corrected chi connectivity index (χ0v) is 7.52. The zero-order chi connectivity index (χ0) is 7.71. The molecule has 0 spiro atoms. The molecule has 0 aliphatic rings. The summed E-state index contributed by atoms with van der Waals surface area (Å²) in [6.45, 7) is 0. The van der Waals surface area contributed by atoms with Crippen LogP contribution in [0, 0.1) is 0 Å². The highest BCUT2D eigenvalue weighted by molar-refractivity contribution is 8.06. The van der Waals surface area contributed by atoms with E-state index >= 15 is 0 Å². The Kier molecular flexibility index (Phi) is 3.66. The van der Waals surface area contributed by atoms with Gasteiger partial charge in [-0.3, -0.25) is 0 Å². The highest BCUT2D eigenvalue weighted by Gasteiger charge is 2.37. The van der Waals surface area contributed by atoms with Crippen molar-refractivity contribution < 1.29 is 8.78 Å². The minimum Gasteiger partial charge on any atom is -0.195 e. The summed E-state index contributed by atoms with van der Waals surface area (Å²) in [5.74, 6) is 0. The molecule has 0 aliphatic heterocycles. The van der Waals surface area contributed by atoms with Gasteiger partial charge in [0.1, 0.15) is 0 Å². The molecule has 0 atom stereocenters. The van der Waals surface area contributed by atoms with Crippen LogP contribution in [-0.2, 0) is 0 Å². The lowest BCUT2D eigenvalue weighted by Crippen LogP contribution is -2.07. The molecule has 0 amide bonds. The van der Waals surface area contributed by atoms with Gasteiger partial charge >= 0.3 is 7.84 Å². The van der Waals surface area contributed by atoms with Crippen molar-refractivity contribution in [1.82, 2.24) is 0 Å². The molecular weight excluding hydrogens is 236 g/mol. The lowest BCUT2D eigenvalue weighted by Gasteiger charge is -2.12. The third-order valence-electron chi connectivity index (χ3n) is 0.231. The molecule has 0 radical (unpaired) electrons. The van der Waals surface area contributed by atoms with Gasteiger partial charge in [-0.25, -0.2) is 0 Å². The highest BCUT2D eigenvalue weighted by atomic mass is 35.5. The summed E-state index contributed by atoms with van der Waals surface area (Å²) < 4.78 is 18.4. The first kappa shape index (κ1) is 10.4. The van der Waals surface area contributed by atoms with Crippen molar-refractivity contribution >= 4 is 58.2 Å². The number of halogens is 6. The molecule has 0 rings (SSSR count). The van der Waals surface area contributed by atoms with Crippen LogP contribution in [0.5, 0.6) is 0 Å². The van der Waals surface area contributed by atoms with Crippen molar-refractivity contribution in [3.05, 3.63) is 0 Å². The maximum Gasteiger partial charge on any atom is 0.310 e. The highest BCUT2D eigenvalue weighted by Crippen LogP contribution is 2.49. The lowest BCUT2D eigenvalue weighted by atomic mass is 11.7. The van der Waals surface area contributed by atoms with E-state index in [1.807, 2.05) is 0 Å². The Morgan fingerprint density at radius 1 is 0.889 bits per heavy atom. The molecule has 0 aromatic heterocycles. The van der Waals surface area contributed by atoms with Crippen molar-refractivity contribution in [1.29, 1.82) is 0 Å². The Morgan fingerprint density at radius 2 is 1.11 bits per heavy atom. The Labute approximate surface area is 74.8 Å². The Hall–Kier alpha value is 1.37. The third kappa shape index (κ3) is 9.37. The molecular formula is C2Cl4F2S. The second-order valence-electron chi connectivity index (χ2n) is 0.994. The second kappa shape index (κ2) is 3.18. The van der Waals surface area contributed by atoms with E-state index in [0.29, 0.717) is 0 Å². The predicted molar refractivity (Wildman–Crippen MR) is 38.7 cm³/mol. The quantitative estimate of drug-likeness (QED) is 0.656. The molecule has 0 saturated heterocycles. The van der Waals surface area contributed by atoms with Gasteiger partial charge in [-0.15, -0.1) is 0 Å². The van der Waals surface area contributed by atoms with Gasteiger partial charge in [0.2, 0.25) is 0 Å². The number of alkyl halides is 6. The summed E-state index contributed by atoms with van der Waals surface area (Å²) in [6, 6.07) is 0. The maximum absolute atomic E-state index is 12.0. The Balaban J connectivity index is 3.75. The van der Waals surface area contributed by atoms with Crippen LogP contribution in [0.4, 0.5) is 8.78 Å². The summed E-state index contributed by atoms with van der Waals surface area (Å²) in [6.07, 6.45) is 0. The van der Waals surface area contributed by atoms with E-state index in [4.69, 9.17) is 0 Å². The first-order chi connectivity index (χ1) is 3.71. The average Bonchev–Trinajstić information content (AvgIpc) is 1.14. The van der Waals surface area contributed by atoms with Crippen molar-refractivity contribution in [3.63, 3.8) is 0 Å². The first-order valence-corrected chi connectivity index (χ1v) is 3.87. The van der Waals surface area contributed by atoms with Gasteiger partial charge in [-0.05, 0) is 11.8 Å². The number of hydrogen-bond acceptors (Lipinski definition) is 1. The van der Waals surface area contributed by atoms with Crippen LogP contribution in [0.25, 0.3) is 0 Å². The molecule has 9 heavy (non-hydrogen) atoms. The molecule has 0 saturated carbocycles. The molecule has 0 aromatic carbocycles. The van der Waals surface area contributed by atoms with Crippen LogP contribution in [0.2, 0.25) is 0 Å². The van der Waals surface area contributed by atoms with Gasteiger partial charge in [0.15, 0.2) is 0 Å². The van der Waals surface area contributed by atoms with E-state index in [1.165, 1.54) is 0 Å². The number of hydrogen-bond donors (Lipinski definition) is 0. The summed E-state index contributed by atoms with van der Waals surface area (Å²) in [5, 5.41) is 0. The standard InChI is InChI=1S/C2Cl4F2S/c3-1(4,7)9-2(5,6)8. The summed E-state index contributed by atoms with van der Waals surface area (Å²) >= 11 is 18.4. The van der Waals surface area contributed by atoms with Gasteiger partial charge in [0, 0.05) is 0 Å². The molecule has 0 bridgehead atoms. The van der Waals surface area contributed by atoms with Crippen molar-refractivity contribution in [2.45, 2.75) is 7.84 Å². The van der Waals surface area contributed by atoms with Crippen molar-refractivity contribution in [2.75, 3.05) is 0 Å². The molecule has 0 unspecified atom stereocenters. The molecule has 0 aliphatic carbocycles. The van der Waals surface area contributed by atoms with Crippen LogP contribution in [-0.4, -0.2) is 7.84 Å². The van der Waals surface area contributed by atoms with Gasteiger partial charge in [-0.2, -0.15) is 8.78 Å². The second-order valence-corrected chi connectivity index (χ2v) is 5.69. The Morgan fingerprint density at radius 3 is 1.11 bits per heavy atom. The van der Waals surface area contributed by atoms with E-state index in [2.05, 4.69) is 46.4 Å². The van der Waals surface area contributed by atoms with E-state index in [9.17, 15) is 8.78 Å². The summed E-state index contributed by atoms with van der Waals surface area (Å²) in [5.41, 5.74) is 0. The molecule has 0 N–H and O–H groups in total. The van der Waals surface area contributed by atoms with Crippen LogP contribution >= 0.6 is 58.2 Å². The van der Waals surface area contributed by atoms with Crippen LogP contribution in [0.3, 0.4) is 0 Å². The smallest absolute Gasteiger partial charge is 0.195 e. The molecule has 0 aromatic rings. The lowest BCUT2D eigenvalue weighted by molar-refractivity contribution is 0.482. The largest absolute Gasteiger partial charge is 0.310 e. The van der Waals surface area contributed by atoms with Crippen LogP contribution < -0.4 is 0 Å². The Bertz CT molecular complexity index is 81.7. The maximum atomic E-state index is 12.0. The fourth-order valence-corrected chi connectivity index (χ4v) is 2.14. The van der Waals surface area contributed by atoms with Crippen LogP contribution in [0.15, 0.2) is 0 Å². The minimum atomic E-state index is -2.79. The van der Waals surface area contributed by atoms with Crippen molar-refractivity contribution in [3.8, 4) is 0 Å². The minimum absolute atomic E-state index is 0.258. The topological polar surface area (TPSA) is 0 Å². The third-order valence-corrected chi connectivity index (χ3v) is 1.62. The normalized spacial score (nSPS) is 14.0. The van der Waals surface area contributed by atoms with E-state index in [0.717, 1.165) is 0 Å². The van der Waals surface area contributed by atoms with E-state index < -0.39 is 7.84 Å². The number of thioether (sulfide) groups is 1. The van der Waals surface area contributed by atoms with E-state index in [1.54, 1.807) is 0 Å². The van der Waals surface area contributed by atoms with Gasteiger partial charge in [0.05, 0.1) is 0 Å². The molecule has 0 fully saturated rings. The van der Waals surface area contributed by atoms with Gasteiger partial charge in [-0.1, -0.05) is 46.4 Å². The summed E-state index contributed by atoms with van der Waals surface area (Å²) in [7, 11) is 0. The molecule has 7 heteroatoms.